The number of carbonyl (C=O) groups is 1. The molecule has 0 heterocycles. The molecule has 1 aliphatic carbocycles. The molecular weight excluding hydrogens is 357 g/mol. The number of amides is 1. The fraction of sp³-hybridized carbons (Fsp3) is 0.562. The van der Waals surface area contributed by atoms with E-state index in [0.717, 1.165) is 62.4 Å². The number of nitro groups is 1. The average molecular weight is 376 g/mol. The van der Waals surface area contributed by atoms with E-state index >= 15 is 0 Å². The van der Waals surface area contributed by atoms with Gasteiger partial charge >= 0.3 is 6.18 Å². The molecule has 0 unspecified atom stereocenters. The lowest BCUT2D eigenvalue weighted by Gasteiger charge is -2.16. The summed E-state index contributed by atoms with van der Waals surface area (Å²) in [5, 5.41) is 13.9. The van der Waals surface area contributed by atoms with Crippen LogP contribution in [0.2, 0.25) is 0 Å². The Kier molecular flexibility index (Phi) is 6.69. The van der Waals surface area contributed by atoms with Crippen molar-refractivity contribution < 1.29 is 22.9 Å². The van der Waals surface area contributed by atoms with Crippen LogP contribution in [0.3, 0.4) is 0 Å². The molecule has 1 aromatic rings. The topological polar surface area (TPSA) is 72.2 Å². The predicted octanol–water partition coefficient (Wildman–Crippen LogP) is 4.54. The molecule has 1 saturated carbocycles. The molecule has 25 heavy (non-hydrogen) atoms. The van der Waals surface area contributed by atoms with Crippen LogP contribution in [0.4, 0.5) is 18.9 Å². The lowest BCUT2D eigenvalue weighted by molar-refractivity contribution is -0.388. The van der Waals surface area contributed by atoms with Crippen molar-refractivity contribution >= 4 is 23.4 Å². The first-order valence-corrected chi connectivity index (χ1v) is 9.03. The fourth-order valence-electron chi connectivity index (χ4n) is 2.79. The minimum atomic E-state index is -4.65. The zero-order chi connectivity index (χ0) is 18.4. The van der Waals surface area contributed by atoms with Crippen LogP contribution in [0.1, 0.15) is 44.1 Å². The molecule has 9 heteroatoms. The van der Waals surface area contributed by atoms with Gasteiger partial charge in [-0.3, -0.25) is 14.9 Å². The Balaban J connectivity index is 1.99. The minimum absolute atomic E-state index is 0.0500. The SMILES string of the molecule is O=C(CSc1ccc(C(F)(F)F)cc1[N+](=O)[O-])NC1CCCCCC1. The molecule has 0 aromatic heterocycles. The van der Waals surface area contributed by atoms with E-state index in [0.29, 0.717) is 6.07 Å². The van der Waals surface area contributed by atoms with Crippen molar-refractivity contribution in [3.63, 3.8) is 0 Å². The number of nitrogens with zero attached hydrogens (tertiary/aromatic N) is 1. The predicted molar refractivity (Wildman–Crippen MR) is 88.5 cm³/mol. The van der Waals surface area contributed by atoms with Crippen molar-refractivity contribution in [3.05, 3.63) is 33.9 Å². The van der Waals surface area contributed by atoms with Gasteiger partial charge in [-0.25, -0.2) is 0 Å². The van der Waals surface area contributed by atoms with Gasteiger partial charge in [0.1, 0.15) is 0 Å². The summed E-state index contributed by atoms with van der Waals surface area (Å²) < 4.78 is 38.0. The number of nitro benzene ring substituents is 1. The van der Waals surface area contributed by atoms with Crippen LogP contribution in [-0.4, -0.2) is 22.6 Å². The van der Waals surface area contributed by atoms with Crippen molar-refractivity contribution in [3.8, 4) is 0 Å². The lowest BCUT2D eigenvalue weighted by atomic mass is 10.1. The lowest BCUT2D eigenvalue weighted by Crippen LogP contribution is -2.35. The summed E-state index contributed by atoms with van der Waals surface area (Å²) in [6, 6.07) is 2.45. The Morgan fingerprint density at radius 3 is 2.44 bits per heavy atom. The van der Waals surface area contributed by atoms with E-state index in [1.165, 1.54) is 0 Å². The highest BCUT2D eigenvalue weighted by molar-refractivity contribution is 8.00. The zero-order valence-corrected chi connectivity index (χ0v) is 14.3. The number of carbonyl (C=O) groups excluding carboxylic acids is 1. The van der Waals surface area contributed by atoms with Gasteiger partial charge in [-0.05, 0) is 25.0 Å². The smallest absolute Gasteiger partial charge is 0.353 e. The van der Waals surface area contributed by atoms with Gasteiger partial charge in [0, 0.05) is 12.1 Å². The first-order valence-electron chi connectivity index (χ1n) is 8.05. The number of benzene rings is 1. The van der Waals surface area contributed by atoms with Crippen LogP contribution in [0, 0.1) is 10.1 Å². The third-order valence-corrected chi connectivity index (χ3v) is 5.12. The first-order chi connectivity index (χ1) is 11.8. The molecule has 1 N–H and O–H groups in total. The van der Waals surface area contributed by atoms with Gasteiger partial charge < -0.3 is 5.32 Å². The second kappa shape index (κ2) is 8.55. The number of nitrogens with one attached hydrogen (secondary N) is 1. The molecule has 1 aromatic carbocycles. The summed E-state index contributed by atoms with van der Waals surface area (Å²) in [7, 11) is 0. The highest BCUT2D eigenvalue weighted by Crippen LogP contribution is 2.36. The van der Waals surface area contributed by atoms with Crippen molar-refractivity contribution in [2.24, 2.45) is 0 Å². The number of hydrogen-bond acceptors (Lipinski definition) is 4. The molecule has 0 saturated heterocycles. The van der Waals surface area contributed by atoms with Crippen LogP contribution in [-0.2, 0) is 11.0 Å². The number of halogens is 3. The largest absolute Gasteiger partial charge is 0.416 e. The maximum absolute atomic E-state index is 12.7. The van der Waals surface area contributed by atoms with Crippen LogP contribution < -0.4 is 5.32 Å². The Labute approximate surface area is 147 Å². The number of rotatable bonds is 5. The number of alkyl halides is 3. The van der Waals surface area contributed by atoms with Crippen LogP contribution in [0.25, 0.3) is 0 Å². The van der Waals surface area contributed by atoms with Crippen LogP contribution in [0.15, 0.2) is 23.1 Å². The van der Waals surface area contributed by atoms with Gasteiger partial charge in [0.2, 0.25) is 5.91 Å². The quantitative estimate of drug-likeness (QED) is 0.354. The molecule has 1 aliphatic rings. The third kappa shape index (κ3) is 5.91. The molecule has 0 spiro atoms. The van der Waals surface area contributed by atoms with E-state index in [1.54, 1.807) is 0 Å². The molecule has 1 fully saturated rings. The fourth-order valence-corrected chi connectivity index (χ4v) is 3.61. The minimum Gasteiger partial charge on any atom is -0.353 e. The Hall–Kier alpha value is -1.77. The summed E-state index contributed by atoms with van der Waals surface area (Å²) in [4.78, 5) is 22.2. The van der Waals surface area contributed by atoms with E-state index < -0.39 is 22.4 Å². The third-order valence-electron chi connectivity index (χ3n) is 4.06. The van der Waals surface area contributed by atoms with Gasteiger partial charge in [-0.15, -0.1) is 11.8 Å². The highest BCUT2D eigenvalue weighted by Gasteiger charge is 2.33. The monoisotopic (exact) mass is 376 g/mol. The maximum atomic E-state index is 12.7. The molecule has 138 valence electrons. The van der Waals surface area contributed by atoms with Crippen molar-refractivity contribution in [2.45, 2.75) is 55.6 Å². The summed E-state index contributed by atoms with van der Waals surface area (Å²) in [6.45, 7) is 0. The van der Waals surface area contributed by atoms with Gasteiger partial charge in [0.05, 0.1) is 21.1 Å². The number of thioether (sulfide) groups is 1. The second-order valence-corrected chi connectivity index (χ2v) is 7.00. The zero-order valence-electron chi connectivity index (χ0n) is 13.5. The molecule has 0 radical (unpaired) electrons. The first kappa shape index (κ1) is 19.6. The summed E-state index contributed by atoms with van der Waals surface area (Å²) in [6.07, 6.45) is 1.60. The summed E-state index contributed by atoms with van der Waals surface area (Å²) in [5.41, 5.74) is -1.71. The summed E-state index contributed by atoms with van der Waals surface area (Å²) in [5.74, 6) is -0.325. The average Bonchev–Trinajstić information content (AvgIpc) is 2.80. The van der Waals surface area contributed by atoms with Gasteiger partial charge in [-0.2, -0.15) is 13.2 Å². The molecule has 5 nitrogen and oxygen atoms in total. The second-order valence-electron chi connectivity index (χ2n) is 5.98. The normalized spacial score (nSPS) is 16.3. The van der Waals surface area contributed by atoms with E-state index in [1.807, 2.05) is 0 Å². The molecule has 0 atom stereocenters. The maximum Gasteiger partial charge on any atom is 0.416 e. The molecule has 2 rings (SSSR count). The van der Waals surface area contributed by atoms with Gasteiger partial charge in [0.15, 0.2) is 0 Å². The Morgan fingerprint density at radius 1 is 1.24 bits per heavy atom. The molecule has 1 amide bonds. The molecule has 0 aliphatic heterocycles. The van der Waals surface area contributed by atoms with E-state index in [9.17, 15) is 28.1 Å². The standard InChI is InChI=1S/C16H19F3N2O3S/c17-16(18,19)11-7-8-14(13(9-11)21(23)24)25-10-15(22)20-12-5-3-1-2-4-6-12/h7-9,12H,1-6,10H2,(H,20,22). The van der Waals surface area contributed by atoms with E-state index in [4.69, 9.17) is 0 Å². The van der Waals surface area contributed by atoms with Gasteiger partial charge in [-0.1, -0.05) is 25.7 Å². The highest BCUT2D eigenvalue weighted by atomic mass is 32.2. The van der Waals surface area contributed by atoms with Crippen LogP contribution in [0.5, 0.6) is 0 Å². The number of hydrogen-bond donors (Lipinski definition) is 1. The van der Waals surface area contributed by atoms with Crippen molar-refractivity contribution in [2.75, 3.05) is 5.75 Å². The Morgan fingerprint density at radius 2 is 1.88 bits per heavy atom. The van der Waals surface area contributed by atoms with Crippen molar-refractivity contribution in [1.82, 2.24) is 5.32 Å². The van der Waals surface area contributed by atoms with Gasteiger partial charge in [0.25, 0.3) is 5.69 Å². The summed E-state index contributed by atoms with van der Waals surface area (Å²) >= 11 is 0.876. The van der Waals surface area contributed by atoms with Crippen LogP contribution >= 0.6 is 11.8 Å². The Bertz CT molecular complexity index is 630. The van der Waals surface area contributed by atoms with E-state index in [2.05, 4.69) is 5.32 Å². The van der Waals surface area contributed by atoms with E-state index in [-0.39, 0.29) is 22.6 Å². The molecule has 0 bridgehead atoms. The molecular formula is C16H19F3N2O3S. The van der Waals surface area contributed by atoms with Crippen molar-refractivity contribution in [1.29, 1.82) is 0 Å².